The maximum absolute atomic E-state index is 12.4. The van der Waals surface area contributed by atoms with Crippen molar-refractivity contribution in [3.05, 3.63) is 42.9 Å². The van der Waals surface area contributed by atoms with E-state index in [4.69, 9.17) is 15.5 Å². The average Bonchev–Trinajstić information content (AvgIpc) is 2.92. The summed E-state index contributed by atoms with van der Waals surface area (Å²) >= 11 is 0. The zero-order valence-corrected chi connectivity index (χ0v) is 19.9. The van der Waals surface area contributed by atoms with Crippen molar-refractivity contribution in [3.8, 4) is 11.3 Å². The third kappa shape index (κ3) is 5.52. The van der Waals surface area contributed by atoms with E-state index in [1.54, 1.807) is 0 Å². The second-order valence-electron chi connectivity index (χ2n) is 9.23. The quantitative estimate of drug-likeness (QED) is 0.477. The number of carbonyl (C=O) groups is 1. The molecule has 0 radical (unpaired) electrons. The second kappa shape index (κ2) is 11.0. The van der Waals surface area contributed by atoms with E-state index in [2.05, 4.69) is 37.6 Å². The molecule has 0 aliphatic carbocycles. The van der Waals surface area contributed by atoms with Gasteiger partial charge in [0.1, 0.15) is 11.6 Å². The molecule has 35 heavy (non-hydrogen) atoms. The second-order valence-corrected chi connectivity index (χ2v) is 9.23. The molecule has 5 heterocycles. The summed E-state index contributed by atoms with van der Waals surface area (Å²) in [5, 5.41) is 8.60. The topological polar surface area (TPSA) is 118 Å². The number of nitrogens with one attached hydrogen (secondary N) is 2. The number of fused-ring (bicyclic) bond motifs is 1. The minimum atomic E-state index is 0.0212. The largest absolute Gasteiger partial charge is 0.381 e. The summed E-state index contributed by atoms with van der Waals surface area (Å²) in [5.74, 6) is 1.92. The lowest BCUT2D eigenvalue weighted by Gasteiger charge is -2.33. The van der Waals surface area contributed by atoms with Crippen LogP contribution in [0.4, 0.5) is 11.6 Å². The smallest absolute Gasteiger partial charge is 0.223 e. The number of pyridine rings is 3. The summed E-state index contributed by atoms with van der Waals surface area (Å²) in [6.45, 7) is 4.11. The SMILES string of the molecule is NCCNC(=O)C1CCN(c2nc(-c3ccnc(NC4CCOCC4)c3)cc3cnccc23)CC1. The monoisotopic (exact) mass is 475 g/mol. The highest BCUT2D eigenvalue weighted by Crippen LogP contribution is 2.32. The number of anilines is 2. The van der Waals surface area contributed by atoms with Crippen molar-refractivity contribution in [1.82, 2.24) is 20.3 Å². The zero-order valence-electron chi connectivity index (χ0n) is 19.9. The molecule has 2 aliphatic heterocycles. The molecule has 5 rings (SSSR count). The molecular weight excluding hydrogens is 442 g/mol. The van der Waals surface area contributed by atoms with Gasteiger partial charge in [0.15, 0.2) is 0 Å². The van der Waals surface area contributed by atoms with Crippen molar-refractivity contribution in [2.75, 3.05) is 49.6 Å². The van der Waals surface area contributed by atoms with Crippen molar-refractivity contribution in [2.24, 2.45) is 11.7 Å². The van der Waals surface area contributed by atoms with E-state index in [0.717, 1.165) is 85.7 Å². The van der Waals surface area contributed by atoms with Crippen molar-refractivity contribution < 1.29 is 9.53 Å². The molecule has 1 amide bonds. The van der Waals surface area contributed by atoms with Crippen LogP contribution in [0.5, 0.6) is 0 Å². The minimum Gasteiger partial charge on any atom is -0.381 e. The van der Waals surface area contributed by atoms with Gasteiger partial charge in [-0.3, -0.25) is 9.78 Å². The Hall–Kier alpha value is -3.30. The van der Waals surface area contributed by atoms with Crippen molar-refractivity contribution in [1.29, 1.82) is 0 Å². The lowest BCUT2D eigenvalue weighted by Crippen LogP contribution is -2.42. The van der Waals surface area contributed by atoms with Crippen LogP contribution in [0.1, 0.15) is 25.7 Å². The first kappa shape index (κ1) is 23.4. The molecule has 0 bridgehead atoms. The van der Waals surface area contributed by atoms with E-state index in [1.807, 2.05) is 30.7 Å². The maximum atomic E-state index is 12.4. The van der Waals surface area contributed by atoms with E-state index in [1.165, 1.54) is 0 Å². The Bertz CT molecular complexity index is 1160. The molecule has 3 aromatic rings. The molecule has 0 spiro atoms. The fraction of sp³-hybridized carbons (Fsp3) is 0.462. The predicted octanol–water partition coefficient (Wildman–Crippen LogP) is 2.57. The summed E-state index contributed by atoms with van der Waals surface area (Å²) in [4.78, 5) is 28.7. The van der Waals surface area contributed by atoms with Crippen LogP contribution in [0, 0.1) is 5.92 Å². The Morgan fingerprint density at radius 3 is 2.74 bits per heavy atom. The third-order valence-corrected chi connectivity index (χ3v) is 6.85. The summed E-state index contributed by atoms with van der Waals surface area (Å²) in [7, 11) is 0. The van der Waals surface area contributed by atoms with Gasteiger partial charge < -0.3 is 26.0 Å². The number of carbonyl (C=O) groups excluding carboxylic acids is 1. The molecule has 0 unspecified atom stereocenters. The van der Waals surface area contributed by atoms with Crippen LogP contribution < -0.4 is 21.3 Å². The van der Waals surface area contributed by atoms with Crippen LogP contribution in [-0.2, 0) is 9.53 Å². The fourth-order valence-electron chi connectivity index (χ4n) is 4.88. The van der Waals surface area contributed by atoms with Crippen LogP contribution in [0.25, 0.3) is 22.0 Å². The van der Waals surface area contributed by atoms with E-state index in [9.17, 15) is 4.79 Å². The highest BCUT2D eigenvalue weighted by atomic mass is 16.5. The van der Waals surface area contributed by atoms with Crippen LogP contribution >= 0.6 is 0 Å². The first-order valence-electron chi connectivity index (χ1n) is 12.5. The van der Waals surface area contributed by atoms with Gasteiger partial charge in [-0.15, -0.1) is 0 Å². The van der Waals surface area contributed by atoms with E-state index in [0.29, 0.717) is 19.1 Å². The zero-order chi connectivity index (χ0) is 24.0. The Morgan fingerprint density at radius 2 is 1.94 bits per heavy atom. The Balaban J connectivity index is 1.39. The lowest BCUT2D eigenvalue weighted by atomic mass is 9.95. The first-order chi connectivity index (χ1) is 17.2. The van der Waals surface area contributed by atoms with Gasteiger partial charge in [-0.05, 0) is 49.9 Å². The van der Waals surface area contributed by atoms with Gasteiger partial charge in [-0.25, -0.2) is 9.97 Å². The van der Waals surface area contributed by atoms with Gasteiger partial charge in [0, 0.05) is 86.3 Å². The van der Waals surface area contributed by atoms with Crippen LogP contribution in [-0.4, -0.2) is 66.3 Å². The van der Waals surface area contributed by atoms with E-state index < -0.39 is 0 Å². The number of rotatable bonds is 7. The van der Waals surface area contributed by atoms with Crippen molar-refractivity contribution in [3.63, 3.8) is 0 Å². The normalized spacial score (nSPS) is 17.5. The number of hydrogen-bond acceptors (Lipinski definition) is 8. The van der Waals surface area contributed by atoms with Gasteiger partial charge in [-0.1, -0.05) is 0 Å². The number of aromatic nitrogens is 3. The van der Waals surface area contributed by atoms with Gasteiger partial charge in [-0.2, -0.15) is 0 Å². The standard InChI is InChI=1S/C26H33N7O2/c27-7-10-30-26(34)18-3-11-33(12-4-18)25-22-2-8-28-17-20(22)15-23(32-25)19-1-9-29-24(16-19)31-21-5-13-35-14-6-21/h1-2,8-9,15-18,21H,3-7,10-14,27H2,(H,29,31)(H,30,34). The summed E-state index contributed by atoms with van der Waals surface area (Å²) in [6.07, 6.45) is 9.08. The van der Waals surface area contributed by atoms with Crippen LogP contribution in [0.2, 0.25) is 0 Å². The number of piperidine rings is 1. The molecule has 9 heteroatoms. The summed E-state index contributed by atoms with van der Waals surface area (Å²) in [5.41, 5.74) is 7.43. The van der Waals surface area contributed by atoms with Crippen molar-refractivity contribution >= 4 is 28.3 Å². The highest BCUT2D eigenvalue weighted by molar-refractivity contribution is 5.94. The number of nitrogens with zero attached hydrogens (tertiary/aromatic N) is 4. The fourth-order valence-corrected chi connectivity index (χ4v) is 4.88. The number of amides is 1. The third-order valence-electron chi connectivity index (χ3n) is 6.85. The highest BCUT2D eigenvalue weighted by Gasteiger charge is 2.26. The number of hydrogen-bond donors (Lipinski definition) is 3. The molecule has 9 nitrogen and oxygen atoms in total. The van der Waals surface area contributed by atoms with Gasteiger partial charge in [0.2, 0.25) is 5.91 Å². The van der Waals surface area contributed by atoms with Crippen molar-refractivity contribution in [2.45, 2.75) is 31.7 Å². The van der Waals surface area contributed by atoms with Gasteiger partial charge in [0.25, 0.3) is 0 Å². The van der Waals surface area contributed by atoms with Crippen LogP contribution in [0.15, 0.2) is 42.9 Å². The Labute approximate surface area is 205 Å². The molecule has 0 aromatic carbocycles. The summed E-state index contributed by atoms with van der Waals surface area (Å²) < 4.78 is 5.47. The molecule has 2 saturated heterocycles. The van der Waals surface area contributed by atoms with E-state index >= 15 is 0 Å². The molecule has 184 valence electrons. The minimum absolute atomic E-state index is 0.0212. The Kier molecular flexibility index (Phi) is 7.34. The predicted molar refractivity (Wildman–Crippen MR) is 137 cm³/mol. The maximum Gasteiger partial charge on any atom is 0.223 e. The summed E-state index contributed by atoms with van der Waals surface area (Å²) in [6, 6.07) is 8.55. The lowest BCUT2D eigenvalue weighted by molar-refractivity contribution is -0.125. The molecule has 2 aliphatic rings. The van der Waals surface area contributed by atoms with Crippen LogP contribution in [0.3, 0.4) is 0 Å². The van der Waals surface area contributed by atoms with Gasteiger partial charge in [0.05, 0.1) is 5.69 Å². The number of ether oxygens (including phenoxy) is 1. The van der Waals surface area contributed by atoms with Gasteiger partial charge >= 0.3 is 0 Å². The Morgan fingerprint density at radius 1 is 1.11 bits per heavy atom. The molecular formula is C26H33N7O2. The average molecular weight is 476 g/mol. The first-order valence-corrected chi connectivity index (χ1v) is 12.5. The molecule has 0 atom stereocenters. The molecule has 0 saturated carbocycles. The molecule has 2 fully saturated rings. The molecule has 4 N–H and O–H groups in total. The van der Waals surface area contributed by atoms with E-state index in [-0.39, 0.29) is 11.8 Å². The number of nitrogens with two attached hydrogens (primary N) is 1. The molecule has 3 aromatic heterocycles.